The molecule has 4 aromatic heterocycles. The Balaban J connectivity index is 2.07. The molecule has 4 heterocycles. The minimum atomic E-state index is -0.233. The van der Waals surface area contributed by atoms with Gasteiger partial charge in [-0.05, 0) is 19.2 Å². The van der Waals surface area contributed by atoms with E-state index in [1.54, 1.807) is 23.7 Å². The molecule has 0 amide bonds. The average Bonchev–Trinajstić information content (AvgIpc) is 3.15. The summed E-state index contributed by atoms with van der Waals surface area (Å²) in [5.41, 5.74) is 1.02. The summed E-state index contributed by atoms with van der Waals surface area (Å²) in [7, 11) is 0. The van der Waals surface area contributed by atoms with Gasteiger partial charge >= 0.3 is 0 Å². The lowest BCUT2D eigenvalue weighted by molar-refractivity contribution is 0.891. The largest absolute Gasteiger partial charge is 0.268 e. The minimum Gasteiger partial charge on any atom is -0.268 e. The Morgan fingerprint density at radius 3 is 2.95 bits per heavy atom. The van der Waals surface area contributed by atoms with E-state index < -0.39 is 0 Å². The zero-order valence-corrected chi connectivity index (χ0v) is 12.5. The van der Waals surface area contributed by atoms with Crippen LogP contribution in [0.25, 0.3) is 22.6 Å². The summed E-state index contributed by atoms with van der Waals surface area (Å²) in [5.74, 6) is 0.834. The van der Waals surface area contributed by atoms with Gasteiger partial charge in [0, 0.05) is 6.20 Å². The number of hydrogen-bond acceptors (Lipinski definition) is 7. The van der Waals surface area contributed by atoms with E-state index in [1.165, 1.54) is 22.7 Å². The van der Waals surface area contributed by atoms with Gasteiger partial charge in [0.1, 0.15) is 6.33 Å². The van der Waals surface area contributed by atoms with Crippen LogP contribution in [0.2, 0.25) is 0 Å². The van der Waals surface area contributed by atoms with Crippen molar-refractivity contribution in [3.8, 4) is 5.95 Å². The van der Waals surface area contributed by atoms with Crippen molar-refractivity contribution in [1.29, 1.82) is 0 Å². The molecule has 4 aromatic rings. The first-order valence-electron chi connectivity index (χ1n) is 6.37. The van der Waals surface area contributed by atoms with Crippen molar-refractivity contribution in [2.24, 2.45) is 0 Å². The Hall–Kier alpha value is -2.75. The maximum atomic E-state index is 12.8. The van der Waals surface area contributed by atoms with Crippen LogP contribution < -0.4 is 5.56 Å². The molecule has 4 rings (SSSR count). The molecule has 10 heteroatoms. The number of aryl methyl sites for hydroxylation is 1. The highest BCUT2D eigenvalue weighted by Gasteiger charge is 2.14. The predicted molar refractivity (Wildman–Crippen MR) is 80.3 cm³/mol. The van der Waals surface area contributed by atoms with E-state index in [2.05, 4.69) is 30.2 Å². The first-order chi connectivity index (χ1) is 10.7. The van der Waals surface area contributed by atoms with Crippen molar-refractivity contribution < 1.29 is 0 Å². The highest BCUT2D eigenvalue weighted by atomic mass is 32.2. The highest BCUT2D eigenvalue weighted by molar-refractivity contribution is 7.98. The minimum absolute atomic E-state index is 0.233. The summed E-state index contributed by atoms with van der Waals surface area (Å²) in [6, 6.07) is 1.79. The van der Waals surface area contributed by atoms with Gasteiger partial charge in [-0.15, -0.1) is 5.10 Å². The number of pyridine rings is 1. The molecule has 0 fully saturated rings. The van der Waals surface area contributed by atoms with Crippen molar-refractivity contribution in [3.63, 3.8) is 0 Å². The number of H-pyrrole nitrogens is 1. The van der Waals surface area contributed by atoms with Gasteiger partial charge < -0.3 is 0 Å². The fourth-order valence-electron chi connectivity index (χ4n) is 2.33. The third-order valence-corrected chi connectivity index (χ3v) is 3.87. The number of hydrogen-bond donors (Lipinski definition) is 1. The van der Waals surface area contributed by atoms with Gasteiger partial charge in [0.05, 0.1) is 16.6 Å². The molecule has 0 aliphatic carbocycles. The number of rotatable bonds is 2. The Morgan fingerprint density at radius 1 is 1.32 bits per heavy atom. The first-order valence-corrected chi connectivity index (χ1v) is 7.60. The van der Waals surface area contributed by atoms with E-state index in [0.29, 0.717) is 33.5 Å². The summed E-state index contributed by atoms with van der Waals surface area (Å²) in [5, 5.41) is 11.9. The number of aromatic nitrogens is 8. The summed E-state index contributed by atoms with van der Waals surface area (Å²) < 4.78 is 2.95. The van der Waals surface area contributed by atoms with E-state index >= 15 is 0 Å². The standard InChI is InChI=1S/C12H10N8OS/c1-6-8-7(20-10(15-6)13-5-14-20)3-4-19(9(8)21)11-16-12(22-2)18-17-11/h3-5H,1-2H3,(H,16,17,18). The third-order valence-electron chi connectivity index (χ3n) is 3.32. The van der Waals surface area contributed by atoms with Gasteiger partial charge in [-0.2, -0.15) is 19.6 Å². The van der Waals surface area contributed by atoms with Gasteiger partial charge in [-0.25, -0.2) is 10.1 Å². The van der Waals surface area contributed by atoms with Gasteiger partial charge in [0.25, 0.3) is 11.3 Å². The quantitative estimate of drug-likeness (QED) is 0.539. The summed E-state index contributed by atoms with van der Waals surface area (Å²) in [4.78, 5) is 25.4. The molecule has 0 spiro atoms. The van der Waals surface area contributed by atoms with Crippen molar-refractivity contribution in [2.75, 3.05) is 6.26 Å². The van der Waals surface area contributed by atoms with Crippen LogP contribution in [0.5, 0.6) is 0 Å². The lowest BCUT2D eigenvalue weighted by Crippen LogP contribution is -2.21. The van der Waals surface area contributed by atoms with Crippen LogP contribution >= 0.6 is 11.8 Å². The lowest BCUT2D eigenvalue weighted by Gasteiger charge is -2.06. The van der Waals surface area contributed by atoms with Crippen molar-refractivity contribution in [1.82, 2.24) is 39.3 Å². The van der Waals surface area contributed by atoms with Crippen molar-refractivity contribution in [2.45, 2.75) is 12.1 Å². The monoisotopic (exact) mass is 314 g/mol. The molecule has 0 radical (unpaired) electrons. The van der Waals surface area contributed by atoms with Crippen LogP contribution in [0.15, 0.2) is 28.5 Å². The van der Waals surface area contributed by atoms with Gasteiger partial charge in [0.15, 0.2) is 0 Å². The fraction of sp³-hybridized carbons (Fsp3) is 0.167. The fourth-order valence-corrected chi connectivity index (χ4v) is 2.65. The van der Waals surface area contributed by atoms with Crippen molar-refractivity contribution >= 4 is 28.4 Å². The predicted octanol–water partition coefficient (Wildman–Crippen LogP) is 0.577. The molecule has 22 heavy (non-hydrogen) atoms. The SMILES string of the molecule is CSc1n[nH]c(-n2ccc3c(c(C)nc4ncnn43)c2=O)n1. The summed E-state index contributed by atoms with van der Waals surface area (Å²) in [6.07, 6.45) is 4.91. The summed E-state index contributed by atoms with van der Waals surface area (Å²) in [6.45, 7) is 1.77. The number of aromatic amines is 1. The molecule has 0 saturated carbocycles. The van der Waals surface area contributed by atoms with Gasteiger partial charge in [-0.1, -0.05) is 11.8 Å². The molecule has 0 bridgehead atoms. The second kappa shape index (κ2) is 4.63. The third kappa shape index (κ3) is 1.73. The van der Waals surface area contributed by atoms with Gasteiger partial charge in [-0.3, -0.25) is 9.36 Å². The molecular formula is C12H10N8OS. The normalized spacial score (nSPS) is 11.5. The Morgan fingerprint density at radius 2 is 2.18 bits per heavy atom. The molecule has 0 atom stereocenters. The maximum absolute atomic E-state index is 12.8. The zero-order chi connectivity index (χ0) is 15.3. The van der Waals surface area contributed by atoms with E-state index in [4.69, 9.17) is 0 Å². The molecule has 0 unspecified atom stereocenters. The van der Waals surface area contributed by atoms with Gasteiger partial charge in [0.2, 0.25) is 11.1 Å². The topological polar surface area (TPSA) is 107 Å². The molecule has 0 saturated heterocycles. The summed E-state index contributed by atoms with van der Waals surface area (Å²) >= 11 is 1.40. The first kappa shape index (κ1) is 13.0. The van der Waals surface area contributed by atoms with Crippen LogP contribution in [-0.4, -0.2) is 45.6 Å². The Kier molecular flexibility index (Phi) is 2.73. The number of thioether (sulfide) groups is 1. The van der Waals surface area contributed by atoms with Crippen LogP contribution in [-0.2, 0) is 0 Å². The number of fused-ring (bicyclic) bond motifs is 3. The van der Waals surface area contributed by atoms with E-state index in [1.807, 2.05) is 6.26 Å². The molecule has 0 aromatic carbocycles. The molecule has 1 N–H and O–H groups in total. The highest BCUT2D eigenvalue weighted by Crippen LogP contribution is 2.15. The smallest absolute Gasteiger partial charge is 0.268 e. The van der Waals surface area contributed by atoms with E-state index in [9.17, 15) is 4.79 Å². The van der Waals surface area contributed by atoms with E-state index in [0.717, 1.165) is 0 Å². The number of nitrogens with one attached hydrogen (secondary N) is 1. The van der Waals surface area contributed by atoms with Crippen LogP contribution in [0.3, 0.4) is 0 Å². The maximum Gasteiger partial charge on any atom is 0.268 e. The van der Waals surface area contributed by atoms with Crippen LogP contribution in [0.4, 0.5) is 0 Å². The zero-order valence-electron chi connectivity index (χ0n) is 11.7. The Labute approximate surface area is 127 Å². The second-order valence-electron chi connectivity index (χ2n) is 4.57. The van der Waals surface area contributed by atoms with Crippen LogP contribution in [0, 0.1) is 6.92 Å². The molecule has 0 aliphatic rings. The van der Waals surface area contributed by atoms with E-state index in [-0.39, 0.29) is 5.56 Å². The molecule has 9 nitrogen and oxygen atoms in total. The molecular weight excluding hydrogens is 304 g/mol. The second-order valence-corrected chi connectivity index (χ2v) is 5.34. The average molecular weight is 314 g/mol. The van der Waals surface area contributed by atoms with Crippen LogP contribution in [0.1, 0.15) is 5.69 Å². The Bertz CT molecular complexity index is 1060. The van der Waals surface area contributed by atoms with Crippen molar-refractivity contribution in [3.05, 3.63) is 34.6 Å². The molecule has 0 aliphatic heterocycles. The number of nitrogens with zero attached hydrogens (tertiary/aromatic N) is 7. The lowest BCUT2D eigenvalue weighted by atomic mass is 10.2. The molecule has 110 valence electrons.